The highest BCUT2D eigenvalue weighted by Crippen LogP contribution is 2.27. The lowest BCUT2D eigenvalue weighted by Gasteiger charge is -2.37. The van der Waals surface area contributed by atoms with Gasteiger partial charge in [-0.2, -0.15) is 5.10 Å². The van der Waals surface area contributed by atoms with Gasteiger partial charge in [0.1, 0.15) is 5.82 Å². The summed E-state index contributed by atoms with van der Waals surface area (Å²) in [5, 5.41) is 16.6. The van der Waals surface area contributed by atoms with E-state index in [1.807, 2.05) is 18.7 Å². The zero-order valence-corrected chi connectivity index (χ0v) is 13.4. The highest BCUT2D eigenvalue weighted by molar-refractivity contribution is 6.02. The van der Waals surface area contributed by atoms with Gasteiger partial charge in [0.05, 0.1) is 11.3 Å². The molecule has 1 aromatic rings. The van der Waals surface area contributed by atoms with E-state index >= 15 is 0 Å². The van der Waals surface area contributed by atoms with Crippen LogP contribution in [0.15, 0.2) is 5.16 Å². The summed E-state index contributed by atoms with van der Waals surface area (Å²) in [6, 6.07) is 0.452. The van der Waals surface area contributed by atoms with Crippen LogP contribution in [0, 0.1) is 6.92 Å². The van der Waals surface area contributed by atoms with E-state index in [-0.39, 0.29) is 5.84 Å². The molecular weight excluding hydrogens is 268 g/mol. The number of likely N-dealkylation sites (tertiary alicyclic amines) is 1. The van der Waals surface area contributed by atoms with Crippen molar-refractivity contribution >= 4 is 11.7 Å². The molecule has 0 spiro atoms. The fraction of sp³-hybridized carbons (Fsp3) is 0.714. The van der Waals surface area contributed by atoms with Crippen LogP contribution in [0.1, 0.15) is 31.0 Å². The maximum Gasteiger partial charge on any atom is 0.175 e. The van der Waals surface area contributed by atoms with Crippen molar-refractivity contribution in [2.75, 3.05) is 31.6 Å². The Morgan fingerprint density at radius 1 is 1.48 bits per heavy atom. The van der Waals surface area contributed by atoms with Gasteiger partial charge in [-0.05, 0) is 26.3 Å². The zero-order valence-electron chi connectivity index (χ0n) is 13.4. The van der Waals surface area contributed by atoms with Gasteiger partial charge in [0.2, 0.25) is 0 Å². The average molecular weight is 294 g/mol. The number of hydrogen-bond acceptors (Lipinski definition) is 5. The molecule has 1 saturated heterocycles. The van der Waals surface area contributed by atoms with E-state index in [4.69, 9.17) is 10.9 Å². The van der Waals surface area contributed by atoms with Crippen molar-refractivity contribution in [3.63, 3.8) is 0 Å². The molecule has 0 bridgehead atoms. The lowest BCUT2D eigenvalue weighted by molar-refractivity contribution is 0.220. The van der Waals surface area contributed by atoms with E-state index in [2.05, 4.69) is 34.0 Å². The molecule has 7 nitrogen and oxygen atoms in total. The summed E-state index contributed by atoms with van der Waals surface area (Å²) in [7, 11) is 3.96. The van der Waals surface area contributed by atoms with Gasteiger partial charge in [-0.1, -0.05) is 12.1 Å². The quantitative estimate of drug-likeness (QED) is 0.370. The van der Waals surface area contributed by atoms with Gasteiger partial charge in [0, 0.05) is 33.2 Å². The molecule has 7 heteroatoms. The van der Waals surface area contributed by atoms with Crippen LogP contribution in [-0.2, 0) is 7.05 Å². The van der Waals surface area contributed by atoms with Crippen molar-refractivity contribution in [3.8, 4) is 0 Å². The molecule has 2 rings (SSSR count). The summed E-state index contributed by atoms with van der Waals surface area (Å²) >= 11 is 0. The lowest BCUT2D eigenvalue weighted by atomic mass is 10.0. The number of aromatic nitrogens is 2. The maximum atomic E-state index is 9.01. The van der Waals surface area contributed by atoms with Gasteiger partial charge >= 0.3 is 0 Å². The number of nitrogens with zero attached hydrogens (tertiary/aromatic N) is 5. The van der Waals surface area contributed by atoms with Crippen LogP contribution in [0.5, 0.6) is 0 Å². The Morgan fingerprint density at radius 3 is 2.62 bits per heavy atom. The van der Waals surface area contributed by atoms with Crippen LogP contribution in [0.3, 0.4) is 0 Å². The number of amidine groups is 1. The van der Waals surface area contributed by atoms with Gasteiger partial charge in [-0.15, -0.1) is 0 Å². The second-order valence-electron chi connectivity index (χ2n) is 5.67. The van der Waals surface area contributed by atoms with Crippen LogP contribution in [0.2, 0.25) is 0 Å². The molecule has 2 heterocycles. The third kappa shape index (κ3) is 2.97. The van der Waals surface area contributed by atoms with Crippen molar-refractivity contribution in [1.29, 1.82) is 0 Å². The molecule has 21 heavy (non-hydrogen) atoms. The summed E-state index contributed by atoms with van der Waals surface area (Å²) in [5.41, 5.74) is 7.33. The number of piperidine rings is 1. The third-order valence-corrected chi connectivity index (χ3v) is 4.44. The molecule has 0 saturated carbocycles. The lowest BCUT2D eigenvalue weighted by Crippen LogP contribution is -2.44. The largest absolute Gasteiger partial charge is 0.409 e. The van der Waals surface area contributed by atoms with Crippen LogP contribution < -0.4 is 10.6 Å². The highest BCUT2D eigenvalue weighted by Gasteiger charge is 2.27. The SMILES string of the molecule is CCN1CCC(N(C)c2c(C(N)=NO)c(C)nn2C)CC1. The van der Waals surface area contributed by atoms with Crippen LogP contribution in [0.25, 0.3) is 0 Å². The van der Waals surface area contributed by atoms with Crippen LogP contribution >= 0.6 is 0 Å². The van der Waals surface area contributed by atoms with Crippen molar-refractivity contribution in [2.24, 2.45) is 17.9 Å². The number of rotatable bonds is 4. The number of oxime groups is 1. The number of hydrogen-bond donors (Lipinski definition) is 2. The normalized spacial score (nSPS) is 18.2. The number of aryl methyl sites for hydroxylation is 2. The first kappa shape index (κ1) is 15.6. The second kappa shape index (κ2) is 6.34. The van der Waals surface area contributed by atoms with E-state index < -0.39 is 0 Å². The smallest absolute Gasteiger partial charge is 0.175 e. The summed E-state index contributed by atoms with van der Waals surface area (Å²) in [6.07, 6.45) is 2.23. The van der Waals surface area contributed by atoms with Gasteiger partial charge in [-0.25, -0.2) is 0 Å². The second-order valence-corrected chi connectivity index (χ2v) is 5.67. The minimum atomic E-state index is 0.119. The third-order valence-electron chi connectivity index (χ3n) is 4.44. The predicted molar refractivity (Wildman–Crippen MR) is 84.0 cm³/mol. The van der Waals surface area contributed by atoms with Crippen LogP contribution in [-0.4, -0.2) is 58.4 Å². The Kier molecular flexibility index (Phi) is 4.72. The Morgan fingerprint density at radius 2 is 2.10 bits per heavy atom. The minimum absolute atomic E-state index is 0.119. The zero-order chi connectivity index (χ0) is 15.6. The molecule has 1 fully saturated rings. The molecule has 0 unspecified atom stereocenters. The molecule has 0 aromatic carbocycles. The molecule has 0 atom stereocenters. The summed E-state index contributed by atoms with van der Waals surface area (Å²) in [6.45, 7) is 7.41. The first-order valence-corrected chi connectivity index (χ1v) is 7.46. The number of nitrogens with two attached hydrogens (primary N) is 1. The minimum Gasteiger partial charge on any atom is -0.409 e. The molecule has 1 aliphatic rings. The summed E-state index contributed by atoms with van der Waals surface area (Å²) < 4.78 is 1.81. The highest BCUT2D eigenvalue weighted by atomic mass is 16.4. The van der Waals surface area contributed by atoms with Crippen LogP contribution in [0.4, 0.5) is 5.82 Å². The molecule has 118 valence electrons. The molecule has 3 N–H and O–H groups in total. The first-order chi connectivity index (χ1) is 9.99. The topological polar surface area (TPSA) is 82.9 Å². The van der Waals surface area contributed by atoms with Crippen molar-refractivity contribution in [3.05, 3.63) is 11.3 Å². The summed E-state index contributed by atoms with van der Waals surface area (Å²) in [4.78, 5) is 4.68. The fourth-order valence-corrected chi connectivity index (χ4v) is 3.20. The van der Waals surface area contributed by atoms with E-state index in [0.717, 1.165) is 49.6 Å². The monoisotopic (exact) mass is 294 g/mol. The molecule has 0 amide bonds. The summed E-state index contributed by atoms with van der Waals surface area (Å²) in [5.74, 6) is 1.03. The van der Waals surface area contributed by atoms with E-state index in [1.165, 1.54) is 0 Å². The molecular formula is C14H26N6O. The van der Waals surface area contributed by atoms with Gasteiger partial charge in [0.15, 0.2) is 5.84 Å². The molecule has 0 aliphatic carbocycles. The van der Waals surface area contributed by atoms with Gasteiger partial charge in [0.25, 0.3) is 0 Å². The Balaban J connectivity index is 2.25. The Labute approximate surface area is 126 Å². The van der Waals surface area contributed by atoms with Gasteiger partial charge in [-0.3, -0.25) is 4.68 Å². The van der Waals surface area contributed by atoms with E-state index in [0.29, 0.717) is 6.04 Å². The molecule has 1 aromatic heterocycles. The maximum absolute atomic E-state index is 9.01. The Bertz CT molecular complexity index is 516. The van der Waals surface area contributed by atoms with Gasteiger partial charge < -0.3 is 20.7 Å². The Hall–Kier alpha value is -1.76. The van der Waals surface area contributed by atoms with E-state index in [9.17, 15) is 0 Å². The van der Waals surface area contributed by atoms with Crippen molar-refractivity contribution < 1.29 is 5.21 Å². The molecule has 0 radical (unpaired) electrons. The first-order valence-electron chi connectivity index (χ1n) is 7.46. The standard InChI is InChI=1S/C14H26N6O/c1-5-20-8-6-11(7-9-20)18(3)14-12(13(15)17-21)10(2)16-19(14)4/h11,21H,5-9H2,1-4H3,(H2,15,17). The number of anilines is 1. The molecule has 1 aliphatic heterocycles. The van der Waals surface area contributed by atoms with E-state index in [1.54, 1.807) is 0 Å². The fourth-order valence-electron chi connectivity index (χ4n) is 3.20. The average Bonchev–Trinajstić information content (AvgIpc) is 2.80. The predicted octanol–water partition coefficient (Wildman–Crippen LogP) is 0.744. The van der Waals surface area contributed by atoms with Crippen molar-refractivity contribution in [2.45, 2.75) is 32.7 Å². The van der Waals surface area contributed by atoms with Crippen molar-refractivity contribution in [1.82, 2.24) is 14.7 Å².